The number of carbonyl (C=O) groups is 1. The Morgan fingerprint density at radius 1 is 1.44 bits per heavy atom. The van der Waals surface area contributed by atoms with Gasteiger partial charge in [0.05, 0.1) is 17.4 Å². The van der Waals surface area contributed by atoms with Crippen molar-refractivity contribution < 1.29 is 13.6 Å². The van der Waals surface area contributed by atoms with Crippen LogP contribution in [0.1, 0.15) is 35.4 Å². The van der Waals surface area contributed by atoms with Crippen LogP contribution in [0.4, 0.5) is 14.6 Å². The minimum absolute atomic E-state index is 0.0242. The number of allylic oxidation sites excluding steroid dienone is 5. The van der Waals surface area contributed by atoms with Gasteiger partial charge in [0.2, 0.25) is 0 Å². The first-order valence-electron chi connectivity index (χ1n) is 9.69. The van der Waals surface area contributed by atoms with Gasteiger partial charge in [0.1, 0.15) is 29.4 Å². The molecule has 162 valence electrons. The summed E-state index contributed by atoms with van der Waals surface area (Å²) in [6.45, 7) is 5.86. The highest BCUT2D eigenvalue weighted by atomic mass is 35.5. The fourth-order valence-corrected chi connectivity index (χ4v) is 3.86. The predicted octanol–water partition coefficient (Wildman–Crippen LogP) is 4.29. The Kier molecular flexibility index (Phi) is 5.72. The van der Waals surface area contributed by atoms with Gasteiger partial charge in [-0.25, -0.2) is 13.8 Å². The van der Waals surface area contributed by atoms with Crippen molar-refractivity contribution in [3.63, 3.8) is 0 Å². The van der Waals surface area contributed by atoms with Gasteiger partial charge in [-0.2, -0.15) is 14.9 Å². The smallest absolute Gasteiger partial charge is 0.283 e. The number of hydrogen-bond acceptors (Lipinski definition) is 6. The van der Waals surface area contributed by atoms with Crippen LogP contribution in [0.5, 0.6) is 0 Å². The lowest BCUT2D eigenvalue weighted by Crippen LogP contribution is -2.50. The van der Waals surface area contributed by atoms with Gasteiger partial charge < -0.3 is 9.69 Å². The number of hydrogen-bond donors (Lipinski definition) is 0. The number of aliphatic imine (C=N–C) groups is 1. The third-order valence-corrected chi connectivity index (χ3v) is 5.56. The molecule has 0 aromatic carbocycles. The first-order valence-corrected chi connectivity index (χ1v) is 10.1. The second-order valence-electron chi connectivity index (χ2n) is 7.19. The van der Waals surface area contributed by atoms with Crippen molar-refractivity contribution in [2.24, 2.45) is 4.99 Å². The zero-order chi connectivity index (χ0) is 23.0. The van der Waals surface area contributed by atoms with Crippen LogP contribution in [0.25, 0.3) is 11.7 Å². The molecule has 0 amide bonds. The molecule has 1 fully saturated rings. The van der Waals surface area contributed by atoms with Crippen LogP contribution in [-0.4, -0.2) is 39.2 Å². The standard InChI is InChI=1S/C22H17ClF2N6O/c1-3-27-18-9-14(23)5-4-13(18)8-16-12(2)28-21-17(10-26)19(20(24)25)29-31(21)22(16)30-7-6-15(30)11-32/h3-5,8-9,11,15,20H,1,6-7H2,2H3/b13-8+,27-18?. The Morgan fingerprint density at radius 3 is 2.81 bits per heavy atom. The molecule has 2 aliphatic rings. The van der Waals surface area contributed by atoms with Gasteiger partial charge in [-0.05, 0) is 31.6 Å². The molecule has 0 N–H and O–H groups in total. The van der Waals surface area contributed by atoms with Gasteiger partial charge in [0, 0.05) is 28.9 Å². The molecule has 0 saturated carbocycles. The van der Waals surface area contributed by atoms with Crippen molar-refractivity contribution >= 4 is 41.1 Å². The molecule has 2 aromatic heterocycles. The highest BCUT2D eigenvalue weighted by molar-refractivity contribution is 6.35. The minimum atomic E-state index is -2.94. The number of alkyl halides is 2. The summed E-state index contributed by atoms with van der Waals surface area (Å²) in [5.41, 5.74) is 1.39. The maximum Gasteiger partial charge on any atom is 0.283 e. The summed E-state index contributed by atoms with van der Waals surface area (Å²) in [7, 11) is 0. The van der Waals surface area contributed by atoms with E-state index in [1.807, 2.05) is 0 Å². The van der Waals surface area contributed by atoms with E-state index in [0.717, 1.165) is 6.29 Å². The van der Waals surface area contributed by atoms with Gasteiger partial charge in [0.25, 0.3) is 6.43 Å². The Morgan fingerprint density at radius 2 is 2.22 bits per heavy atom. The molecule has 0 radical (unpaired) electrons. The number of anilines is 1. The van der Waals surface area contributed by atoms with Crippen LogP contribution in [-0.2, 0) is 4.79 Å². The number of aromatic nitrogens is 3. The molecule has 0 bridgehead atoms. The highest BCUT2D eigenvalue weighted by Crippen LogP contribution is 2.35. The lowest BCUT2D eigenvalue weighted by atomic mass is 9.99. The third kappa shape index (κ3) is 3.52. The summed E-state index contributed by atoms with van der Waals surface area (Å²) in [5.74, 6) is 0.416. The molecule has 3 heterocycles. The van der Waals surface area contributed by atoms with Crippen LogP contribution in [0.3, 0.4) is 0 Å². The van der Waals surface area contributed by atoms with Crippen LogP contribution >= 0.6 is 11.6 Å². The number of aldehydes is 1. The lowest BCUT2D eigenvalue weighted by Gasteiger charge is -2.40. The average molecular weight is 455 g/mol. The van der Waals surface area contributed by atoms with E-state index in [0.29, 0.717) is 46.4 Å². The van der Waals surface area contributed by atoms with Crippen molar-refractivity contribution in [1.29, 1.82) is 5.26 Å². The van der Waals surface area contributed by atoms with E-state index < -0.39 is 18.2 Å². The Balaban J connectivity index is 2.03. The van der Waals surface area contributed by atoms with E-state index in [1.54, 1.807) is 42.2 Å². The average Bonchev–Trinajstić information content (AvgIpc) is 3.10. The molecule has 4 rings (SSSR count). The Bertz CT molecular complexity index is 1300. The SMILES string of the molecule is C=CN=C1C=C(Cl)C=C/C1=C\c1c(C)nc2c(C#N)c(C(F)F)nn2c1N1CCC1C=O. The fourth-order valence-electron chi connectivity index (χ4n) is 3.69. The van der Waals surface area contributed by atoms with E-state index in [2.05, 4.69) is 21.7 Å². The van der Waals surface area contributed by atoms with Crippen LogP contribution < -0.4 is 4.90 Å². The first-order chi connectivity index (χ1) is 15.4. The second kappa shape index (κ2) is 8.48. The van der Waals surface area contributed by atoms with Crippen molar-refractivity contribution in [3.8, 4) is 6.07 Å². The lowest BCUT2D eigenvalue weighted by molar-refractivity contribution is -0.109. The summed E-state index contributed by atoms with van der Waals surface area (Å²) < 4.78 is 28.4. The second-order valence-corrected chi connectivity index (χ2v) is 7.62. The normalized spacial score (nSPS) is 20.6. The van der Waals surface area contributed by atoms with Crippen molar-refractivity contribution in [3.05, 3.63) is 64.1 Å². The molecule has 1 aliphatic heterocycles. The molecule has 1 unspecified atom stereocenters. The first kappa shape index (κ1) is 21.6. The molecular weight excluding hydrogens is 438 g/mol. The zero-order valence-corrected chi connectivity index (χ0v) is 17.7. The number of nitrogens with zero attached hydrogens (tertiary/aromatic N) is 6. The van der Waals surface area contributed by atoms with Gasteiger partial charge in [-0.3, -0.25) is 4.99 Å². The summed E-state index contributed by atoms with van der Waals surface area (Å²) in [4.78, 5) is 22.0. The molecule has 10 heteroatoms. The molecule has 1 saturated heterocycles. The minimum Gasteiger partial charge on any atom is -0.346 e. The number of nitriles is 1. The van der Waals surface area contributed by atoms with Crippen molar-refractivity contribution in [2.45, 2.75) is 25.8 Å². The molecule has 1 atom stereocenters. The van der Waals surface area contributed by atoms with Gasteiger partial charge in [-0.15, -0.1) is 0 Å². The monoisotopic (exact) mass is 454 g/mol. The summed E-state index contributed by atoms with van der Waals surface area (Å²) in [6.07, 6.45) is 6.79. The van der Waals surface area contributed by atoms with Gasteiger partial charge >= 0.3 is 0 Å². The third-order valence-electron chi connectivity index (χ3n) is 5.33. The van der Waals surface area contributed by atoms with Crippen molar-refractivity contribution in [1.82, 2.24) is 14.6 Å². The number of fused-ring (bicyclic) bond motifs is 1. The zero-order valence-electron chi connectivity index (χ0n) is 17.0. The van der Waals surface area contributed by atoms with Gasteiger partial charge in [-0.1, -0.05) is 24.3 Å². The number of halogens is 3. The van der Waals surface area contributed by atoms with Crippen molar-refractivity contribution in [2.75, 3.05) is 11.4 Å². The Labute approximate surface area is 187 Å². The van der Waals surface area contributed by atoms with Gasteiger partial charge in [0.15, 0.2) is 5.65 Å². The molecular formula is C22H17ClF2N6O. The Hall–Kier alpha value is -3.64. The summed E-state index contributed by atoms with van der Waals surface area (Å²) in [5, 5.41) is 14.0. The molecule has 1 aliphatic carbocycles. The molecule has 32 heavy (non-hydrogen) atoms. The fraction of sp³-hybridized carbons (Fsp3) is 0.227. The molecule has 2 aromatic rings. The number of aryl methyl sites for hydroxylation is 1. The van der Waals surface area contributed by atoms with E-state index in [4.69, 9.17) is 11.6 Å². The molecule has 0 spiro atoms. The van der Waals surface area contributed by atoms with E-state index in [1.165, 1.54) is 10.7 Å². The summed E-state index contributed by atoms with van der Waals surface area (Å²) >= 11 is 6.10. The summed E-state index contributed by atoms with van der Waals surface area (Å²) in [6, 6.07) is 1.36. The van der Waals surface area contributed by atoms with E-state index >= 15 is 0 Å². The molecule has 7 nitrogen and oxygen atoms in total. The van der Waals surface area contributed by atoms with Crippen LogP contribution in [0.15, 0.2) is 46.6 Å². The van der Waals surface area contributed by atoms with E-state index in [9.17, 15) is 18.8 Å². The largest absolute Gasteiger partial charge is 0.346 e. The highest BCUT2D eigenvalue weighted by Gasteiger charge is 2.34. The quantitative estimate of drug-likeness (QED) is 0.629. The number of rotatable bonds is 5. The van der Waals surface area contributed by atoms with Crippen LogP contribution in [0, 0.1) is 18.3 Å². The van der Waals surface area contributed by atoms with E-state index in [-0.39, 0.29) is 11.2 Å². The predicted molar refractivity (Wildman–Crippen MR) is 118 cm³/mol. The van der Waals surface area contributed by atoms with Crippen LogP contribution in [0.2, 0.25) is 0 Å². The maximum absolute atomic E-state index is 13.6. The number of carbonyl (C=O) groups excluding carboxylic acids is 1. The maximum atomic E-state index is 13.6. The topological polar surface area (TPSA) is 86.7 Å².